The zero-order chi connectivity index (χ0) is 25.3. The minimum atomic E-state index is -5.53. The third kappa shape index (κ3) is 5.46. The van der Waals surface area contributed by atoms with Crippen LogP contribution in [0.2, 0.25) is 0 Å². The maximum Gasteiger partial charge on any atom is 0.381 e. The third-order valence-corrected chi connectivity index (χ3v) is 9.85. The molecule has 11 heteroatoms. The van der Waals surface area contributed by atoms with Crippen molar-refractivity contribution in [1.82, 2.24) is 0 Å². The second-order valence-electron chi connectivity index (χ2n) is 8.45. The van der Waals surface area contributed by atoms with Crippen molar-refractivity contribution in [1.29, 1.82) is 0 Å². The number of phenolic OH excluding ortho intramolecular Hbond substituents is 1. The average molecular weight is 520 g/mol. The Hall–Kier alpha value is -2.64. The summed E-state index contributed by atoms with van der Waals surface area (Å²) in [5, 5.41) is 6.28. The van der Waals surface area contributed by atoms with Crippen LogP contribution in [0.4, 0.5) is 0 Å². The fourth-order valence-corrected chi connectivity index (χ4v) is 6.73. The summed E-state index contributed by atoms with van der Waals surface area (Å²) in [7, 11) is -11.1. The summed E-state index contributed by atoms with van der Waals surface area (Å²) in [6, 6.07) is 16.7. The van der Waals surface area contributed by atoms with E-state index in [9.17, 15) is 33.8 Å². The van der Waals surface area contributed by atoms with E-state index in [0.29, 0.717) is 5.75 Å². The highest BCUT2D eigenvalue weighted by Gasteiger charge is 2.63. The molecule has 1 aliphatic carbocycles. The second kappa shape index (κ2) is 9.78. The van der Waals surface area contributed by atoms with Crippen molar-refractivity contribution in [3.63, 3.8) is 0 Å². The van der Waals surface area contributed by atoms with E-state index in [1.54, 1.807) is 12.1 Å². The summed E-state index contributed by atoms with van der Waals surface area (Å²) >= 11 is 0. The summed E-state index contributed by atoms with van der Waals surface area (Å²) < 4.78 is 36.2. The SMILES string of the molecule is O=P(O)(O)C(Cc1ccc(Oc2cccc3c2CCCC3)cc1)(Oc1ccc(O)cc1)P(=O)(O)O. The maximum atomic E-state index is 12.4. The van der Waals surface area contributed by atoms with Crippen LogP contribution < -0.4 is 9.47 Å². The Morgan fingerprint density at radius 1 is 0.771 bits per heavy atom. The van der Waals surface area contributed by atoms with Gasteiger partial charge in [-0.05, 0) is 84.8 Å². The number of fused-ring (bicyclic) bond motifs is 1. The van der Waals surface area contributed by atoms with Crippen LogP contribution in [0.15, 0.2) is 66.7 Å². The highest BCUT2D eigenvalue weighted by Crippen LogP contribution is 2.70. The molecule has 3 aromatic carbocycles. The van der Waals surface area contributed by atoms with E-state index in [-0.39, 0.29) is 17.1 Å². The zero-order valence-electron chi connectivity index (χ0n) is 18.6. The molecular weight excluding hydrogens is 494 g/mol. The van der Waals surface area contributed by atoms with Crippen LogP contribution in [-0.2, 0) is 28.4 Å². The lowest BCUT2D eigenvalue weighted by Gasteiger charge is -2.35. The van der Waals surface area contributed by atoms with Gasteiger partial charge in [-0.25, -0.2) is 0 Å². The van der Waals surface area contributed by atoms with Crippen LogP contribution in [-0.4, -0.2) is 29.8 Å². The summed E-state index contributed by atoms with van der Waals surface area (Å²) in [6.07, 6.45) is 3.37. The molecule has 0 saturated carbocycles. The predicted octanol–water partition coefficient (Wildman–Crippen LogP) is 4.69. The monoisotopic (exact) mass is 520 g/mol. The van der Waals surface area contributed by atoms with E-state index in [4.69, 9.17) is 9.47 Å². The lowest BCUT2D eigenvalue weighted by molar-refractivity contribution is 0.152. The van der Waals surface area contributed by atoms with Gasteiger partial charge in [0.25, 0.3) is 0 Å². The van der Waals surface area contributed by atoms with Crippen molar-refractivity contribution in [2.45, 2.75) is 37.2 Å². The first-order valence-corrected chi connectivity index (χ1v) is 14.2. The van der Waals surface area contributed by atoms with Gasteiger partial charge in [0.2, 0.25) is 0 Å². The van der Waals surface area contributed by atoms with E-state index in [1.165, 1.54) is 29.8 Å². The molecule has 0 saturated heterocycles. The van der Waals surface area contributed by atoms with E-state index < -0.39 is 26.7 Å². The van der Waals surface area contributed by atoms with Gasteiger partial charge in [0.05, 0.1) is 0 Å². The van der Waals surface area contributed by atoms with E-state index in [1.807, 2.05) is 12.1 Å². The number of hydrogen-bond acceptors (Lipinski definition) is 5. The molecule has 0 atom stereocenters. The molecule has 0 aliphatic heterocycles. The normalized spacial score (nSPS) is 14.3. The Labute approximate surface area is 202 Å². The number of hydrogen-bond donors (Lipinski definition) is 5. The van der Waals surface area contributed by atoms with Gasteiger partial charge in [-0.2, -0.15) is 0 Å². The molecule has 0 radical (unpaired) electrons. The highest BCUT2D eigenvalue weighted by molar-refractivity contribution is 7.72. The zero-order valence-corrected chi connectivity index (χ0v) is 20.4. The fourth-order valence-electron chi connectivity index (χ4n) is 4.14. The smallest absolute Gasteiger partial charge is 0.381 e. The molecule has 0 heterocycles. The molecule has 35 heavy (non-hydrogen) atoms. The summed E-state index contributed by atoms with van der Waals surface area (Å²) in [6.45, 7) is 0. The van der Waals surface area contributed by atoms with Gasteiger partial charge in [0, 0.05) is 6.42 Å². The Kier molecular flexibility index (Phi) is 7.11. The number of phenols is 1. The van der Waals surface area contributed by atoms with Crippen molar-refractivity contribution in [2.75, 3.05) is 0 Å². The van der Waals surface area contributed by atoms with Crippen molar-refractivity contribution >= 4 is 15.2 Å². The Bertz CT molecular complexity index is 1260. The molecule has 1 aliphatic rings. The molecule has 186 valence electrons. The fraction of sp³-hybridized carbons (Fsp3) is 0.250. The van der Waals surface area contributed by atoms with Crippen LogP contribution in [0.1, 0.15) is 29.5 Å². The Morgan fingerprint density at radius 3 is 2.00 bits per heavy atom. The first-order valence-electron chi connectivity index (χ1n) is 11.0. The first kappa shape index (κ1) is 25.5. The Balaban J connectivity index is 1.62. The highest BCUT2D eigenvalue weighted by atomic mass is 31.2. The number of rotatable bonds is 8. The summed E-state index contributed by atoms with van der Waals surface area (Å²) in [4.78, 5) is 40.1. The van der Waals surface area contributed by atoms with Crippen LogP contribution in [0, 0.1) is 0 Å². The lowest BCUT2D eigenvalue weighted by atomic mass is 9.91. The quantitative estimate of drug-likeness (QED) is 0.266. The number of aromatic hydroxyl groups is 1. The number of benzene rings is 3. The van der Waals surface area contributed by atoms with Crippen molar-refractivity contribution in [3.05, 3.63) is 83.4 Å². The second-order valence-corrected chi connectivity index (χ2v) is 12.4. The van der Waals surface area contributed by atoms with Crippen molar-refractivity contribution < 1.29 is 43.3 Å². The molecule has 3 aromatic rings. The largest absolute Gasteiger partial charge is 0.508 e. The van der Waals surface area contributed by atoms with Crippen molar-refractivity contribution in [3.8, 4) is 23.0 Å². The van der Waals surface area contributed by atoms with E-state index in [0.717, 1.165) is 49.1 Å². The van der Waals surface area contributed by atoms with Crippen LogP contribution in [0.5, 0.6) is 23.0 Å². The lowest BCUT2D eigenvalue weighted by Crippen LogP contribution is -2.38. The minimum absolute atomic E-state index is 0.148. The molecule has 0 aromatic heterocycles. The minimum Gasteiger partial charge on any atom is -0.508 e. The van der Waals surface area contributed by atoms with Crippen LogP contribution in [0.25, 0.3) is 0 Å². The molecule has 0 unspecified atom stereocenters. The molecule has 0 spiro atoms. The maximum absolute atomic E-state index is 12.4. The topological polar surface area (TPSA) is 154 Å². The Morgan fingerprint density at radius 2 is 1.37 bits per heavy atom. The average Bonchev–Trinajstić information content (AvgIpc) is 2.80. The summed E-state index contributed by atoms with van der Waals surface area (Å²) in [5.41, 5.74) is 2.63. The van der Waals surface area contributed by atoms with Gasteiger partial charge in [-0.1, -0.05) is 24.3 Å². The standard InChI is InChI=1S/C24H26O9P2/c25-19-10-14-21(15-11-19)33-24(34(26,27)28,35(29,30)31)16-17-8-12-20(13-9-17)32-23-7-3-5-18-4-1-2-6-22(18)23/h3,5,7-15,25H,1-2,4,6,16H2,(H2,26,27,28)(H2,29,30,31). The van der Waals surface area contributed by atoms with Gasteiger partial charge in [0.15, 0.2) is 0 Å². The van der Waals surface area contributed by atoms with Crippen LogP contribution in [0.3, 0.4) is 0 Å². The first-order chi connectivity index (χ1) is 16.5. The number of ether oxygens (including phenoxy) is 2. The third-order valence-electron chi connectivity index (χ3n) is 5.97. The molecule has 4 rings (SSSR count). The molecule has 0 amide bonds. The van der Waals surface area contributed by atoms with Gasteiger partial charge in [0.1, 0.15) is 23.0 Å². The van der Waals surface area contributed by atoms with E-state index >= 15 is 0 Å². The molecule has 0 fully saturated rings. The molecular formula is C24H26O9P2. The van der Waals surface area contributed by atoms with Gasteiger partial charge >= 0.3 is 20.3 Å². The molecule has 9 nitrogen and oxygen atoms in total. The van der Waals surface area contributed by atoms with E-state index in [2.05, 4.69) is 6.07 Å². The number of aryl methyl sites for hydroxylation is 1. The molecule has 0 bridgehead atoms. The van der Waals surface area contributed by atoms with Crippen molar-refractivity contribution in [2.24, 2.45) is 0 Å². The van der Waals surface area contributed by atoms with Gasteiger partial charge in [-0.3, -0.25) is 9.13 Å². The summed E-state index contributed by atoms with van der Waals surface area (Å²) in [5.74, 6) is 0.851. The molecule has 5 N–H and O–H groups in total. The van der Waals surface area contributed by atoms with Crippen LogP contribution >= 0.6 is 15.2 Å². The van der Waals surface area contributed by atoms with Gasteiger partial charge < -0.3 is 34.2 Å². The predicted molar refractivity (Wildman–Crippen MR) is 129 cm³/mol. The van der Waals surface area contributed by atoms with Gasteiger partial charge in [-0.15, -0.1) is 0 Å².